The van der Waals surface area contributed by atoms with Crippen LogP contribution < -0.4 is 0 Å². The van der Waals surface area contributed by atoms with E-state index in [-0.39, 0.29) is 0 Å². The van der Waals surface area contributed by atoms with E-state index in [4.69, 9.17) is 0 Å². The summed E-state index contributed by atoms with van der Waals surface area (Å²) in [6.07, 6.45) is 3.64. The zero-order valence-corrected chi connectivity index (χ0v) is 6.82. The molecule has 0 aliphatic carbocycles. The molecule has 5 heteroatoms. The average molecular weight is 176 g/mol. The van der Waals surface area contributed by atoms with E-state index in [1.807, 2.05) is 16.7 Å². The Bertz CT molecular complexity index is 537. The maximum absolute atomic E-state index is 4.28. The standard InChI is InChI=1S/C7H4N4S/c1-2-8-7-10-6-5(9-4-12-6)11(7)3-1/h1-4H. The quantitative estimate of drug-likeness (QED) is 0.519. The number of aromatic nitrogens is 4. The van der Waals surface area contributed by atoms with Crippen molar-refractivity contribution < 1.29 is 0 Å². The second kappa shape index (κ2) is 2.01. The van der Waals surface area contributed by atoms with E-state index in [1.54, 1.807) is 11.7 Å². The number of nitrogens with zero attached hydrogens (tertiary/aromatic N) is 4. The Morgan fingerprint density at radius 2 is 2.33 bits per heavy atom. The molecule has 0 unspecified atom stereocenters. The molecule has 0 aromatic carbocycles. The Labute approximate surface area is 71.5 Å². The molecule has 0 aliphatic heterocycles. The van der Waals surface area contributed by atoms with Crippen LogP contribution in [0.2, 0.25) is 0 Å². The van der Waals surface area contributed by atoms with Gasteiger partial charge in [-0.05, 0) is 6.07 Å². The van der Waals surface area contributed by atoms with Gasteiger partial charge in [0.2, 0.25) is 5.78 Å². The lowest BCUT2D eigenvalue weighted by atomic mass is 10.6. The van der Waals surface area contributed by atoms with Crippen LogP contribution in [0.4, 0.5) is 0 Å². The van der Waals surface area contributed by atoms with E-state index in [9.17, 15) is 0 Å². The summed E-state index contributed by atoms with van der Waals surface area (Å²) in [5, 5.41) is 0. The van der Waals surface area contributed by atoms with Crippen molar-refractivity contribution in [2.45, 2.75) is 0 Å². The molecule has 3 aromatic heterocycles. The first-order chi connectivity index (χ1) is 5.95. The summed E-state index contributed by atoms with van der Waals surface area (Å²) in [4.78, 5) is 13.5. The Morgan fingerprint density at radius 3 is 3.33 bits per heavy atom. The van der Waals surface area contributed by atoms with Crippen molar-refractivity contribution in [1.82, 2.24) is 19.4 Å². The number of imidazole rings is 1. The van der Waals surface area contributed by atoms with Crippen molar-refractivity contribution in [3.8, 4) is 0 Å². The Morgan fingerprint density at radius 1 is 1.33 bits per heavy atom. The molecule has 12 heavy (non-hydrogen) atoms. The zero-order chi connectivity index (χ0) is 7.97. The molecule has 0 amide bonds. The molecular formula is C7H4N4S. The van der Waals surface area contributed by atoms with Gasteiger partial charge in [0, 0.05) is 12.4 Å². The number of fused-ring (bicyclic) bond motifs is 3. The van der Waals surface area contributed by atoms with Gasteiger partial charge in [-0.3, -0.25) is 4.40 Å². The summed E-state index contributed by atoms with van der Waals surface area (Å²) in [5.41, 5.74) is 2.68. The Balaban J connectivity index is 2.68. The van der Waals surface area contributed by atoms with Gasteiger partial charge < -0.3 is 0 Å². The third kappa shape index (κ3) is 0.634. The number of hydrogen-bond acceptors (Lipinski definition) is 4. The van der Waals surface area contributed by atoms with E-state index in [1.165, 1.54) is 11.3 Å². The van der Waals surface area contributed by atoms with Gasteiger partial charge in [-0.2, -0.15) is 4.98 Å². The van der Waals surface area contributed by atoms with E-state index in [0.717, 1.165) is 10.5 Å². The van der Waals surface area contributed by atoms with Gasteiger partial charge in [-0.25, -0.2) is 9.97 Å². The van der Waals surface area contributed by atoms with Crippen LogP contribution in [0.3, 0.4) is 0 Å². The van der Waals surface area contributed by atoms with Crippen LogP contribution in [0, 0.1) is 0 Å². The molecule has 0 aliphatic rings. The normalized spacial score (nSPS) is 11.3. The zero-order valence-electron chi connectivity index (χ0n) is 6.01. The maximum Gasteiger partial charge on any atom is 0.236 e. The van der Waals surface area contributed by atoms with Gasteiger partial charge in [-0.15, -0.1) is 11.3 Å². The minimum absolute atomic E-state index is 0.715. The second-order valence-electron chi connectivity index (χ2n) is 2.38. The predicted octanol–water partition coefficient (Wildman–Crippen LogP) is 1.34. The SMILES string of the molecule is c1cnc2nc3scnc3n2c1. The summed E-state index contributed by atoms with van der Waals surface area (Å²) < 4.78 is 1.88. The Kier molecular flexibility index (Phi) is 1.02. The molecule has 4 nitrogen and oxygen atoms in total. The summed E-state index contributed by atoms with van der Waals surface area (Å²) in [7, 11) is 0. The van der Waals surface area contributed by atoms with E-state index >= 15 is 0 Å². The molecule has 3 aromatic rings. The predicted molar refractivity (Wildman–Crippen MR) is 46.2 cm³/mol. The van der Waals surface area contributed by atoms with Crippen molar-refractivity contribution in [1.29, 1.82) is 0 Å². The minimum atomic E-state index is 0.715. The molecule has 0 saturated carbocycles. The van der Waals surface area contributed by atoms with Crippen LogP contribution in [-0.2, 0) is 0 Å². The average Bonchev–Trinajstić information content (AvgIpc) is 2.62. The molecule has 0 N–H and O–H groups in total. The smallest absolute Gasteiger partial charge is 0.236 e. The molecule has 0 radical (unpaired) electrons. The fraction of sp³-hybridized carbons (Fsp3) is 0. The first kappa shape index (κ1) is 6.07. The topological polar surface area (TPSA) is 43.1 Å². The van der Waals surface area contributed by atoms with Gasteiger partial charge in [-0.1, -0.05) is 0 Å². The van der Waals surface area contributed by atoms with Crippen LogP contribution in [0.5, 0.6) is 0 Å². The molecule has 3 rings (SSSR count). The van der Waals surface area contributed by atoms with Crippen molar-refractivity contribution in [2.75, 3.05) is 0 Å². The maximum atomic E-state index is 4.28. The number of hydrogen-bond donors (Lipinski definition) is 0. The van der Waals surface area contributed by atoms with Crippen molar-refractivity contribution in [3.05, 3.63) is 24.0 Å². The van der Waals surface area contributed by atoms with Gasteiger partial charge in [0.05, 0.1) is 5.51 Å². The van der Waals surface area contributed by atoms with Crippen LogP contribution >= 0.6 is 11.3 Å². The third-order valence-electron chi connectivity index (χ3n) is 1.69. The highest BCUT2D eigenvalue weighted by atomic mass is 32.1. The van der Waals surface area contributed by atoms with Gasteiger partial charge >= 0.3 is 0 Å². The lowest BCUT2D eigenvalue weighted by Crippen LogP contribution is -1.85. The fourth-order valence-corrected chi connectivity index (χ4v) is 1.82. The molecule has 58 valence electrons. The van der Waals surface area contributed by atoms with Gasteiger partial charge in [0.15, 0.2) is 10.5 Å². The van der Waals surface area contributed by atoms with Crippen LogP contribution in [-0.4, -0.2) is 19.4 Å². The van der Waals surface area contributed by atoms with Gasteiger partial charge in [0.1, 0.15) is 0 Å². The van der Waals surface area contributed by atoms with Gasteiger partial charge in [0.25, 0.3) is 0 Å². The molecule has 0 bridgehead atoms. The van der Waals surface area contributed by atoms with Crippen molar-refractivity contribution in [3.63, 3.8) is 0 Å². The van der Waals surface area contributed by atoms with E-state index in [2.05, 4.69) is 15.0 Å². The fourth-order valence-electron chi connectivity index (χ4n) is 1.18. The summed E-state index contributed by atoms with van der Waals surface area (Å²) in [5.74, 6) is 0.715. The molecular weight excluding hydrogens is 172 g/mol. The first-order valence-electron chi connectivity index (χ1n) is 3.47. The largest absolute Gasteiger partial charge is 0.267 e. The molecule has 0 fully saturated rings. The molecule has 3 heterocycles. The number of thiazole rings is 1. The monoisotopic (exact) mass is 176 g/mol. The van der Waals surface area contributed by atoms with Crippen LogP contribution in [0.15, 0.2) is 24.0 Å². The molecule has 0 atom stereocenters. The summed E-state index contributed by atoms with van der Waals surface area (Å²) in [6, 6.07) is 1.87. The highest BCUT2D eigenvalue weighted by Gasteiger charge is 2.05. The van der Waals surface area contributed by atoms with Crippen LogP contribution in [0.1, 0.15) is 0 Å². The van der Waals surface area contributed by atoms with Crippen molar-refractivity contribution in [2.24, 2.45) is 0 Å². The van der Waals surface area contributed by atoms with Crippen LogP contribution in [0.25, 0.3) is 16.3 Å². The lowest BCUT2D eigenvalue weighted by molar-refractivity contribution is 1.12. The van der Waals surface area contributed by atoms with E-state index in [0.29, 0.717) is 5.78 Å². The molecule has 0 spiro atoms. The Hall–Kier alpha value is -1.49. The first-order valence-corrected chi connectivity index (χ1v) is 4.35. The second-order valence-corrected chi connectivity index (χ2v) is 3.22. The van der Waals surface area contributed by atoms with Crippen molar-refractivity contribution >= 4 is 27.6 Å². The number of rotatable bonds is 0. The summed E-state index contributed by atoms with van der Waals surface area (Å²) in [6.45, 7) is 0. The molecule has 0 saturated heterocycles. The summed E-state index contributed by atoms with van der Waals surface area (Å²) >= 11 is 1.53. The third-order valence-corrected chi connectivity index (χ3v) is 2.39. The highest BCUT2D eigenvalue weighted by Crippen LogP contribution is 2.16. The minimum Gasteiger partial charge on any atom is -0.267 e. The lowest BCUT2D eigenvalue weighted by Gasteiger charge is -1.87. The van der Waals surface area contributed by atoms with E-state index < -0.39 is 0 Å². The highest BCUT2D eigenvalue weighted by molar-refractivity contribution is 7.16.